The van der Waals surface area contributed by atoms with Gasteiger partial charge in [0.05, 0.1) is 54.9 Å². The largest absolute Gasteiger partial charge is 0.459 e. The van der Waals surface area contributed by atoms with Crippen LogP contribution in [-0.4, -0.2) is 188 Å². The van der Waals surface area contributed by atoms with Crippen LogP contribution in [0.15, 0.2) is 11.6 Å². The molecule has 0 aromatic heterocycles. The van der Waals surface area contributed by atoms with Crippen LogP contribution in [0.3, 0.4) is 0 Å². The number of hydrogen-bond donors (Lipinski definition) is 8. The van der Waals surface area contributed by atoms with E-state index in [9.17, 15) is 50.4 Å². The van der Waals surface area contributed by atoms with Crippen molar-refractivity contribution in [2.24, 2.45) is 34.5 Å². The van der Waals surface area contributed by atoms with E-state index < -0.39 is 134 Å². The summed E-state index contributed by atoms with van der Waals surface area (Å²) in [4.78, 5) is 24.2. The molecule has 4 saturated carbocycles. The van der Waals surface area contributed by atoms with Gasteiger partial charge in [-0.25, -0.2) is 4.79 Å². The van der Waals surface area contributed by atoms with E-state index in [1.54, 1.807) is 26.8 Å². The van der Waals surface area contributed by atoms with E-state index in [0.717, 1.165) is 37.7 Å². The lowest BCUT2D eigenvalue weighted by atomic mass is 9.42. The van der Waals surface area contributed by atoms with Crippen molar-refractivity contribution in [1.29, 1.82) is 0 Å². The summed E-state index contributed by atoms with van der Waals surface area (Å²) in [5, 5.41) is 88.1. The van der Waals surface area contributed by atoms with Crippen molar-refractivity contribution in [1.82, 2.24) is 0 Å². The molecule has 26 atom stereocenters. The number of cyclic esters (lactones) is 1. The Morgan fingerprint density at radius 3 is 1.93 bits per heavy atom. The van der Waals surface area contributed by atoms with E-state index in [0.29, 0.717) is 25.2 Å². The summed E-state index contributed by atoms with van der Waals surface area (Å²) >= 11 is 0. The molecule has 9 aliphatic rings. The number of ether oxygens (including phenoxy) is 10. The molecule has 0 aromatic rings. The topological polar surface area (TPSA) is 288 Å². The zero-order valence-electron chi connectivity index (χ0n) is 40.5. The Hall–Kier alpha value is -1.96. The van der Waals surface area contributed by atoms with E-state index in [-0.39, 0.29) is 61.1 Å². The first-order chi connectivity index (χ1) is 32.6. The van der Waals surface area contributed by atoms with Gasteiger partial charge in [0, 0.05) is 37.7 Å². The van der Waals surface area contributed by atoms with Gasteiger partial charge in [-0.05, 0) is 107 Å². The predicted octanol–water partition coefficient (Wildman–Crippen LogP) is 0.613. The first-order valence-corrected chi connectivity index (χ1v) is 25.3. The molecule has 0 bridgehead atoms. The fourth-order valence-electron chi connectivity index (χ4n) is 14.6. The van der Waals surface area contributed by atoms with E-state index in [2.05, 4.69) is 6.92 Å². The molecule has 0 spiro atoms. The number of rotatable bonds is 11. The molecule has 3 unspecified atom stereocenters. The molecule has 392 valence electrons. The second kappa shape index (κ2) is 20.0. The molecule has 8 fully saturated rings. The monoisotopic (exact) mass is 984 g/mol. The first kappa shape index (κ1) is 51.9. The summed E-state index contributed by atoms with van der Waals surface area (Å²) < 4.78 is 60.1. The van der Waals surface area contributed by atoms with Crippen LogP contribution in [0, 0.1) is 34.5 Å². The summed E-state index contributed by atoms with van der Waals surface area (Å²) in [6.45, 7) is 10.3. The highest BCUT2D eigenvalue weighted by atomic mass is 16.8. The Labute approximate surface area is 402 Å². The van der Waals surface area contributed by atoms with Crippen LogP contribution < -0.4 is 0 Å². The quantitative estimate of drug-likeness (QED) is 0.104. The third kappa shape index (κ3) is 9.48. The summed E-state index contributed by atoms with van der Waals surface area (Å²) in [6.07, 6.45) is -11.1. The number of hydrogen-bond acceptors (Lipinski definition) is 20. The van der Waals surface area contributed by atoms with Crippen LogP contribution in [0.4, 0.5) is 0 Å². The maximum Gasteiger partial charge on any atom is 0.331 e. The van der Waals surface area contributed by atoms with Crippen LogP contribution in [0.2, 0.25) is 0 Å². The molecule has 69 heavy (non-hydrogen) atoms. The summed E-state index contributed by atoms with van der Waals surface area (Å²) in [5.74, 6) is -0.580. The minimum absolute atomic E-state index is 0.00421. The minimum atomic E-state index is -1.69. The Morgan fingerprint density at radius 2 is 1.33 bits per heavy atom. The van der Waals surface area contributed by atoms with E-state index in [1.807, 2.05) is 6.92 Å². The third-order valence-corrected chi connectivity index (χ3v) is 18.4. The number of carbonyl (C=O) groups excluding carboxylic acids is 2. The van der Waals surface area contributed by atoms with Crippen LogP contribution >= 0.6 is 0 Å². The molecule has 5 heterocycles. The smallest absolute Gasteiger partial charge is 0.331 e. The Morgan fingerprint density at radius 1 is 0.710 bits per heavy atom. The number of aliphatic hydroxyl groups is 8. The van der Waals surface area contributed by atoms with E-state index >= 15 is 0 Å². The molecule has 0 aromatic carbocycles. The molecular formula is C49H76O20. The van der Waals surface area contributed by atoms with Gasteiger partial charge in [0.2, 0.25) is 0 Å². The molecule has 0 amide bonds. The maximum absolute atomic E-state index is 12.6. The van der Waals surface area contributed by atoms with Crippen LogP contribution in [-0.2, 0) is 57.0 Å². The van der Waals surface area contributed by atoms with Crippen LogP contribution in [0.25, 0.3) is 0 Å². The minimum Gasteiger partial charge on any atom is -0.459 e. The van der Waals surface area contributed by atoms with Crippen molar-refractivity contribution in [2.45, 2.75) is 234 Å². The molecular weight excluding hydrogens is 909 g/mol. The molecule has 4 saturated heterocycles. The highest BCUT2D eigenvalue weighted by molar-refractivity contribution is 5.85. The fraction of sp³-hybridized carbons (Fsp3) is 0.918. The second-order valence-corrected chi connectivity index (χ2v) is 22.2. The average Bonchev–Trinajstić information content (AvgIpc) is 3.84. The number of esters is 2. The van der Waals surface area contributed by atoms with E-state index in [4.69, 9.17) is 47.4 Å². The summed E-state index contributed by atoms with van der Waals surface area (Å²) in [5.41, 5.74) is -1.01. The molecule has 20 nitrogen and oxygen atoms in total. The van der Waals surface area contributed by atoms with Gasteiger partial charge < -0.3 is 88.2 Å². The predicted molar refractivity (Wildman–Crippen MR) is 235 cm³/mol. The van der Waals surface area contributed by atoms with Gasteiger partial charge in [-0.3, -0.25) is 4.79 Å². The molecule has 4 aliphatic carbocycles. The normalized spacial score (nSPS) is 53.3. The lowest BCUT2D eigenvalue weighted by Gasteiger charge is -2.65. The molecule has 8 N–H and O–H groups in total. The van der Waals surface area contributed by atoms with Crippen molar-refractivity contribution in [3.8, 4) is 0 Å². The van der Waals surface area contributed by atoms with Gasteiger partial charge in [0.25, 0.3) is 0 Å². The highest BCUT2D eigenvalue weighted by Gasteiger charge is 2.71. The van der Waals surface area contributed by atoms with Crippen LogP contribution in [0.1, 0.15) is 112 Å². The molecule has 20 heteroatoms. The number of aliphatic hydroxyl groups excluding tert-OH is 7. The number of carbonyl (C=O) groups is 2. The zero-order valence-corrected chi connectivity index (χ0v) is 40.5. The number of fused-ring (bicyclic) bond motifs is 5. The Balaban J connectivity index is 0.752. The zero-order chi connectivity index (χ0) is 49.5. The average molecular weight is 985 g/mol. The van der Waals surface area contributed by atoms with Crippen molar-refractivity contribution in [3.63, 3.8) is 0 Å². The lowest BCUT2D eigenvalue weighted by Crippen LogP contribution is -2.67. The second-order valence-electron chi connectivity index (χ2n) is 22.2. The van der Waals surface area contributed by atoms with Crippen molar-refractivity contribution < 1.29 is 97.8 Å². The molecule has 9 rings (SSSR count). The lowest BCUT2D eigenvalue weighted by molar-refractivity contribution is -0.355. The first-order valence-electron chi connectivity index (χ1n) is 25.3. The van der Waals surface area contributed by atoms with Gasteiger partial charge in [0.1, 0.15) is 55.4 Å². The summed E-state index contributed by atoms with van der Waals surface area (Å²) in [7, 11) is 0. The standard InChI is InChI=1S/C49H76O20/c1-21-43(67-38-17-32(53)44(22(2)62-38)68-39-18-33(64-24(4)51)45(23(3)63-39)69-46-42(58)41(57)40(56)34(19-50)66-46)31(52)16-37(61-21)65-27-9-11-47(5)26(14-27)7-8-29-30(47)15-35(54)48(6)28(10-12-49(29,48)59)25-13-36(55)60-20-25/h13,21-23,26-35,37-46,50,52-54,56-59H,7-12,14-20H2,1-6H3/t21-,22-,23-,26?,27+,28-,29?,30?,31+,32+,33+,34-,35-,37+,38+,39+,40-,41+,42-,43-,44-,45-,46+,47+,48+,49+/m1/s1. The summed E-state index contributed by atoms with van der Waals surface area (Å²) in [6, 6.07) is 0. The van der Waals surface area contributed by atoms with E-state index in [1.165, 1.54) is 6.92 Å². The van der Waals surface area contributed by atoms with Gasteiger partial charge in [-0.1, -0.05) is 13.8 Å². The van der Waals surface area contributed by atoms with Gasteiger partial charge in [-0.2, -0.15) is 0 Å². The SMILES string of the molecule is CC(=O)O[C@H]1C[C@H](O[C@H]2[C@@H](O)C[C@H](O[C@H]3[C@@H](O)C[C@H](O[C@H]4CC[C@@]5(C)C(CCC6C5C[C@@H](O)[C@]5(C)[C@@H](C7=CC(=O)OC7)CC[C@]65O)C4)O[C@@H]3C)O[C@@H]2C)O[C@H](C)[C@H]1O[C@@H]1O[C@H](CO)[C@@H](O)[C@H](O)[C@H]1O. The fourth-order valence-corrected chi connectivity index (χ4v) is 14.6. The van der Waals surface area contributed by atoms with Crippen LogP contribution in [0.5, 0.6) is 0 Å². The van der Waals surface area contributed by atoms with Crippen molar-refractivity contribution in [2.75, 3.05) is 13.2 Å². The Bertz CT molecular complexity index is 1850. The maximum atomic E-state index is 12.6. The molecule has 0 radical (unpaired) electrons. The third-order valence-electron chi connectivity index (χ3n) is 18.4. The van der Waals surface area contributed by atoms with Gasteiger partial charge >= 0.3 is 11.9 Å². The highest BCUT2D eigenvalue weighted by Crippen LogP contribution is 2.70. The molecule has 5 aliphatic heterocycles. The Kier molecular flexibility index (Phi) is 15.1. The van der Waals surface area contributed by atoms with Gasteiger partial charge in [-0.15, -0.1) is 0 Å². The van der Waals surface area contributed by atoms with Crippen molar-refractivity contribution in [3.05, 3.63) is 11.6 Å². The van der Waals surface area contributed by atoms with Gasteiger partial charge in [0.15, 0.2) is 25.2 Å². The van der Waals surface area contributed by atoms with Crippen molar-refractivity contribution >= 4 is 11.9 Å².